The van der Waals surface area contributed by atoms with E-state index >= 15 is 0 Å². The van der Waals surface area contributed by atoms with Gasteiger partial charge in [0.25, 0.3) is 5.91 Å². The number of ether oxygens (including phenoxy) is 3. The number of benzene rings is 2. The third-order valence-electron chi connectivity index (χ3n) is 4.29. The number of carbonyl (C=O) groups excluding carboxylic acids is 1. The fourth-order valence-electron chi connectivity index (χ4n) is 3.18. The summed E-state index contributed by atoms with van der Waals surface area (Å²) in [5.41, 5.74) is 3.28. The van der Waals surface area contributed by atoms with Crippen LogP contribution in [0, 0.1) is 13.8 Å². The molecule has 0 radical (unpaired) electrons. The first-order chi connectivity index (χ1) is 14.9. The predicted octanol–water partition coefficient (Wildman–Crippen LogP) is 4.80. The highest BCUT2D eigenvalue weighted by atomic mass is 16.5. The van der Waals surface area contributed by atoms with Crippen molar-refractivity contribution in [1.29, 1.82) is 0 Å². The molecule has 0 spiro atoms. The number of aromatic nitrogens is 2. The van der Waals surface area contributed by atoms with Gasteiger partial charge < -0.3 is 18.6 Å². The number of nitrogens with one attached hydrogen (secondary N) is 1. The minimum absolute atomic E-state index is 0.00367. The van der Waals surface area contributed by atoms with Crippen LogP contribution in [0.3, 0.4) is 0 Å². The lowest BCUT2D eigenvalue weighted by atomic mass is 10.1. The van der Waals surface area contributed by atoms with E-state index in [2.05, 4.69) is 21.6 Å². The zero-order valence-corrected chi connectivity index (χ0v) is 18.4. The quantitative estimate of drug-likeness (QED) is 0.526. The van der Waals surface area contributed by atoms with Gasteiger partial charge in [0.2, 0.25) is 11.6 Å². The Morgan fingerprint density at radius 1 is 0.871 bits per heavy atom. The van der Waals surface area contributed by atoms with Gasteiger partial charge in [-0.05, 0) is 58.9 Å². The van der Waals surface area contributed by atoms with Gasteiger partial charge in [0.05, 0.1) is 19.8 Å². The molecule has 0 atom stereocenters. The Labute approximate surface area is 181 Å². The summed E-state index contributed by atoms with van der Waals surface area (Å²) in [6, 6.07) is 9.16. The summed E-state index contributed by atoms with van der Waals surface area (Å²) in [7, 11) is 0. The van der Waals surface area contributed by atoms with E-state index in [0.29, 0.717) is 48.5 Å². The number of amides is 1. The van der Waals surface area contributed by atoms with E-state index in [1.807, 2.05) is 46.8 Å². The zero-order chi connectivity index (χ0) is 22.4. The first-order valence-electron chi connectivity index (χ1n) is 10.2. The minimum Gasteiger partial charge on any atom is -0.490 e. The number of rotatable bonds is 9. The third kappa shape index (κ3) is 5.33. The summed E-state index contributed by atoms with van der Waals surface area (Å²) in [5.74, 6) is 1.24. The predicted molar refractivity (Wildman–Crippen MR) is 117 cm³/mol. The van der Waals surface area contributed by atoms with Gasteiger partial charge in [-0.25, -0.2) is 0 Å². The number of anilines is 1. The highest BCUT2D eigenvalue weighted by Crippen LogP contribution is 2.39. The fraction of sp³-hybridized carbons (Fsp3) is 0.348. The van der Waals surface area contributed by atoms with Gasteiger partial charge in [0, 0.05) is 11.1 Å². The van der Waals surface area contributed by atoms with Crippen LogP contribution < -0.4 is 19.5 Å². The van der Waals surface area contributed by atoms with Gasteiger partial charge in [-0.1, -0.05) is 22.3 Å². The van der Waals surface area contributed by atoms with Crippen molar-refractivity contribution in [2.45, 2.75) is 34.6 Å². The summed E-state index contributed by atoms with van der Waals surface area (Å²) in [6.45, 7) is 10.8. The Hall–Kier alpha value is -3.55. The summed E-state index contributed by atoms with van der Waals surface area (Å²) in [6.07, 6.45) is 0. The molecule has 0 bridgehead atoms. The lowest BCUT2D eigenvalue weighted by Gasteiger charge is -2.16. The molecule has 1 amide bonds. The molecular weight excluding hydrogens is 398 g/mol. The van der Waals surface area contributed by atoms with Crippen LogP contribution in [0.2, 0.25) is 0 Å². The molecule has 31 heavy (non-hydrogen) atoms. The fourth-order valence-corrected chi connectivity index (χ4v) is 3.18. The highest BCUT2D eigenvalue weighted by molar-refractivity contribution is 6.04. The first-order valence-corrected chi connectivity index (χ1v) is 10.2. The van der Waals surface area contributed by atoms with Gasteiger partial charge >= 0.3 is 6.01 Å². The highest BCUT2D eigenvalue weighted by Gasteiger charge is 2.20. The van der Waals surface area contributed by atoms with E-state index in [-0.39, 0.29) is 6.01 Å². The molecule has 1 heterocycles. The van der Waals surface area contributed by atoms with Crippen LogP contribution in [0.15, 0.2) is 34.7 Å². The van der Waals surface area contributed by atoms with Crippen molar-refractivity contribution in [2.24, 2.45) is 0 Å². The van der Waals surface area contributed by atoms with E-state index in [4.69, 9.17) is 18.6 Å². The van der Waals surface area contributed by atoms with Crippen LogP contribution in [0.25, 0.3) is 11.5 Å². The molecule has 2 aromatic carbocycles. The van der Waals surface area contributed by atoms with E-state index < -0.39 is 5.91 Å². The summed E-state index contributed by atoms with van der Waals surface area (Å²) in [5, 5.41) is 10.6. The lowest BCUT2D eigenvalue weighted by Crippen LogP contribution is -2.13. The molecule has 0 fully saturated rings. The molecular formula is C23H27N3O5. The molecule has 0 saturated carbocycles. The van der Waals surface area contributed by atoms with Crippen LogP contribution in [0.5, 0.6) is 17.2 Å². The van der Waals surface area contributed by atoms with Gasteiger partial charge in [-0.3, -0.25) is 10.1 Å². The molecule has 8 nitrogen and oxygen atoms in total. The van der Waals surface area contributed by atoms with Crippen LogP contribution in [-0.2, 0) is 0 Å². The maximum atomic E-state index is 12.9. The summed E-state index contributed by atoms with van der Waals surface area (Å²) >= 11 is 0. The molecule has 0 unspecified atom stereocenters. The molecule has 1 N–H and O–H groups in total. The van der Waals surface area contributed by atoms with Crippen molar-refractivity contribution in [2.75, 3.05) is 25.1 Å². The second kappa shape index (κ2) is 9.97. The van der Waals surface area contributed by atoms with Crippen LogP contribution in [0.4, 0.5) is 6.01 Å². The summed E-state index contributed by atoms with van der Waals surface area (Å²) in [4.78, 5) is 12.9. The number of hydrogen-bond donors (Lipinski definition) is 1. The molecule has 1 aromatic heterocycles. The minimum atomic E-state index is -0.430. The van der Waals surface area contributed by atoms with Crippen molar-refractivity contribution in [3.05, 3.63) is 47.0 Å². The number of aryl methyl sites for hydroxylation is 2. The van der Waals surface area contributed by atoms with Crippen molar-refractivity contribution in [3.63, 3.8) is 0 Å². The van der Waals surface area contributed by atoms with E-state index in [1.165, 1.54) is 0 Å². The van der Waals surface area contributed by atoms with Gasteiger partial charge in [-0.15, -0.1) is 5.10 Å². The number of carbonyl (C=O) groups is 1. The van der Waals surface area contributed by atoms with Crippen molar-refractivity contribution < 1.29 is 23.4 Å². The second-order valence-electron chi connectivity index (χ2n) is 6.84. The van der Waals surface area contributed by atoms with Crippen LogP contribution >= 0.6 is 0 Å². The van der Waals surface area contributed by atoms with E-state index in [0.717, 1.165) is 16.7 Å². The molecule has 3 rings (SSSR count). The second-order valence-corrected chi connectivity index (χ2v) is 6.84. The van der Waals surface area contributed by atoms with Gasteiger partial charge in [-0.2, -0.15) is 0 Å². The topological polar surface area (TPSA) is 95.7 Å². The molecule has 0 saturated heterocycles. The monoisotopic (exact) mass is 425 g/mol. The maximum Gasteiger partial charge on any atom is 0.322 e. The number of nitrogens with zero attached hydrogens (tertiary/aromatic N) is 2. The molecule has 164 valence electrons. The van der Waals surface area contributed by atoms with Crippen molar-refractivity contribution in [1.82, 2.24) is 10.2 Å². The van der Waals surface area contributed by atoms with Gasteiger partial charge in [0.15, 0.2) is 11.5 Å². The van der Waals surface area contributed by atoms with Crippen LogP contribution in [0.1, 0.15) is 42.3 Å². The molecule has 0 aliphatic rings. The maximum absolute atomic E-state index is 12.9. The Balaban J connectivity index is 1.87. The summed E-state index contributed by atoms with van der Waals surface area (Å²) < 4.78 is 22.7. The van der Waals surface area contributed by atoms with Crippen molar-refractivity contribution in [3.8, 4) is 28.7 Å². The third-order valence-corrected chi connectivity index (χ3v) is 4.29. The Kier molecular flexibility index (Phi) is 7.12. The Bertz CT molecular complexity index is 1010. The lowest BCUT2D eigenvalue weighted by molar-refractivity contribution is 0.102. The normalized spacial score (nSPS) is 10.6. The number of hydrogen-bond acceptors (Lipinski definition) is 7. The molecule has 8 heteroatoms. The standard InChI is InChI=1S/C23H27N3O5/c1-6-28-18-12-16(13-19(29-7-2)20(18)30-8-3)21(27)24-23-26-25-22(31-23)17-10-14(4)9-15(5)11-17/h9-13H,6-8H2,1-5H3,(H,24,26,27). The molecule has 0 aliphatic heterocycles. The van der Waals surface area contributed by atoms with Crippen LogP contribution in [-0.4, -0.2) is 35.9 Å². The molecule has 3 aromatic rings. The average Bonchev–Trinajstić information content (AvgIpc) is 3.18. The average molecular weight is 425 g/mol. The SMILES string of the molecule is CCOc1cc(C(=O)Nc2nnc(-c3cc(C)cc(C)c3)o2)cc(OCC)c1OCC. The van der Waals surface area contributed by atoms with E-state index in [1.54, 1.807) is 12.1 Å². The van der Waals surface area contributed by atoms with E-state index in [9.17, 15) is 4.79 Å². The van der Waals surface area contributed by atoms with Crippen molar-refractivity contribution >= 4 is 11.9 Å². The Morgan fingerprint density at radius 3 is 2.00 bits per heavy atom. The Morgan fingerprint density at radius 2 is 1.45 bits per heavy atom. The largest absolute Gasteiger partial charge is 0.490 e. The first kappa shape index (κ1) is 22.1. The smallest absolute Gasteiger partial charge is 0.322 e. The molecule has 0 aliphatic carbocycles. The zero-order valence-electron chi connectivity index (χ0n) is 18.4. The van der Waals surface area contributed by atoms with Gasteiger partial charge in [0.1, 0.15) is 0 Å².